The summed E-state index contributed by atoms with van der Waals surface area (Å²) in [6, 6.07) is 10.9. The maximum Gasteiger partial charge on any atom is 0.416 e. The molecule has 0 N–H and O–H groups in total. The van der Waals surface area contributed by atoms with Crippen LogP contribution < -0.4 is 5.56 Å². The van der Waals surface area contributed by atoms with Gasteiger partial charge in [-0.3, -0.25) is 14.2 Å². The van der Waals surface area contributed by atoms with E-state index < -0.39 is 23.2 Å². The van der Waals surface area contributed by atoms with Gasteiger partial charge in [0.15, 0.2) is 10.6 Å². The number of hydrogen-bond donors (Lipinski definition) is 0. The molecular weight excluding hydrogens is 449 g/mol. The van der Waals surface area contributed by atoms with Gasteiger partial charge in [-0.1, -0.05) is 35.9 Å². The van der Waals surface area contributed by atoms with E-state index in [2.05, 4.69) is 0 Å². The molecular formula is C25H19F3N2O2S. The molecule has 2 aliphatic carbocycles. The first-order valence-corrected chi connectivity index (χ1v) is 10.8. The lowest BCUT2D eigenvalue weighted by molar-refractivity contribution is -0.137. The normalized spacial score (nSPS) is 17.2. The summed E-state index contributed by atoms with van der Waals surface area (Å²) < 4.78 is 44.3. The van der Waals surface area contributed by atoms with Crippen LogP contribution in [-0.4, -0.2) is 14.9 Å². The molecule has 0 radical (unpaired) electrons. The molecule has 0 fully saturated rings. The molecule has 0 saturated heterocycles. The van der Waals surface area contributed by atoms with Crippen molar-refractivity contribution in [1.82, 2.24) is 9.13 Å². The number of aryl methyl sites for hydroxylation is 1. The Morgan fingerprint density at radius 3 is 2.33 bits per heavy atom. The van der Waals surface area contributed by atoms with E-state index in [9.17, 15) is 22.8 Å². The number of nitrogens with zero attached hydrogens (tertiary/aromatic N) is 2. The summed E-state index contributed by atoms with van der Waals surface area (Å²) >= 11 is 5.43. The third kappa shape index (κ3) is 3.08. The van der Waals surface area contributed by atoms with Crippen molar-refractivity contribution in [2.24, 2.45) is 14.1 Å². The first kappa shape index (κ1) is 21.6. The highest BCUT2D eigenvalue weighted by atomic mass is 32.1. The van der Waals surface area contributed by atoms with Crippen LogP contribution in [0.2, 0.25) is 0 Å². The molecule has 33 heavy (non-hydrogen) atoms. The number of Topliss-reactive ketones (excluding diaryl/α,β-unsaturated/α-hetero) is 1. The predicted octanol–water partition coefficient (Wildman–Crippen LogP) is 5.12. The summed E-state index contributed by atoms with van der Waals surface area (Å²) in [6.07, 6.45) is -4.25. The Hall–Kier alpha value is -3.26. The van der Waals surface area contributed by atoms with Gasteiger partial charge in [0, 0.05) is 48.8 Å². The molecule has 1 heterocycles. The van der Waals surface area contributed by atoms with Crippen molar-refractivity contribution < 1.29 is 18.0 Å². The fourth-order valence-electron chi connectivity index (χ4n) is 5.07. The maximum atomic E-state index is 13.7. The Bertz CT molecular complexity index is 1530. The minimum Gasteiger partial charge on any atom is -0.325 e. The molecule has 3 aromatic rings. The summed E-state index contributed by atoms with van der Waals surface area (Å²) in [5, 5.41) is 0. The molecule has 2 aliphatic rings. The van der Waals surface area contributed by atoms with Crippen molar-refractivity contribution in [3.63, 3.8) is 0 Å². The lowest BCUT2D eigenvalue weighted by Gasteiger charge is -2.30. The van der Waals surface area contributed by atoms with Gasteiger partial charge in [-0.2, -0.15) is 13.2 Å². The highest BCUT2D eigenvalue weighted by Gasteiger charge is 2.43. The highest BCUT2D eigenvalue weighted by Crippen LogP contribution is 2.49. The van der Waals surface area contributed by atoms with Crippen LogP contribution in [0, 0.1) is 11.7 Å². The fourth-order valence-corrected chi connectivity index (χ4v) is 5.26. The van der Waals surface area contributed by atoms with E-state index in [1.54, 1.807) is 36.7 Å². The van der Waals surface area contributed by atoms with Crippen molar-refractivity contribution in [3.05, 3.63) is 102 Å². The van der Waals surface area contributed by atoms with E-state index in [-0.39, 0.29) is 11.3 Å². The van der Waals surface area contributed by atoms with Gasteiger partial charge in [0.05, 0.1) is 5.56 Å². The zero-order valence-corrected chi connectivity index (χ0v) is 18.9. The molecule has 168 valence electrons. The number of alkyl halides is 3. The molecule has 8 heteroatoms. The summed E-state index contributed by atoms with van der Waals surface area (Å²) in [4.78, 5) is 27.0. The first-order chi connectivity index (χ1) is 15.5. The molecule has 0 bridgehead atoms. The van der Waals surface area contributed by atoms with E-state index in [1.807, 2.05) is 12.1 Å². The SMILES string of the molecule is Cc1cc(C2C3=C(Cc4c2c(=O)n(C)c(=S)n4C)c2ccccc2C3=O)cc(C(F)(F)F)c1. The first-order valence-electron chi connectivity index (χ1n) is 10.4. The number of benzene rings is 2. The zero-order valence-electron chi connectivity index (χ0n) is 18.1. The predicted molar refractivity (Wildman–Crippen MR) is 121 cm³/mol. The summed E-state index contributed by atoms with van der Waals surface area (Å²) in [7, 11) is 3.28. The van der Waals surface area contributed by atoms with Gasteiger partial charge in [0.2, 0.25) is 0 Å². The average Bonchev–Trinajstić information content (AvgIpc) is 3.06. The molecule has 1 aromatic heterocycles. The van der Waals surface area contributed by atoms with E-state index in [1.165, 1.54) is 11.6 Å². The third-order valence-corrected chi connectivity index (χ3v) is 7.12. The second kappa shape index (κ2) is 7.12. The molecule has 0 saturated carbocycles. The number of ketones is 1. The number of carbonyl (C=O) groups is 1. The van der Waals surface area contributed by atoms with E-state index in [4.69, 9.17) is 12.2 Å². The standard InChI is InChI=1S/C25H19F3N2O2S/c1-12-8-13(10-14(9-12)25(26,27)28)19-20-17(15-6-4-5-7-16(15)22(20)31)11-18-21(19)23(32)30(3)24(33)29(18)2/h4-10,19H,11H2,1-3H3. The average molecular weight is 469 g/mol. The van der Waals surface area contributed by atoms with Crippen molar-refractivity contribution in [2.75, 3.05) is 0 Å². The summed E-state index contributed by atoms with van der Waals surface area (Å²) in [6.45, 7) is 1.58. The quantitative estimate of drug-likeness (QED) is 0.466. The number of carbonyl (C=O) groups excluding carboxylic acids is 1. The fraction of sp³-hybridized carbons (Fsp3) is 0.240. The van der Waals surface area contributed by atoms with E-state index in [0.717, 1.165) is 23.3 Å². The zero-order chi connectivity index (χ0) is 23.8. The van der Waals surface area contributed by atoms with Crippen LogP contribution in [0.5, 0.6) is 0 Å². The van der Waals surface area contributed by atoms with Crippen LogP contribution in [0.3, 0.4) is 0 Å². The van der Waals surface area contributed by atoms with Crippen molar-refractivity contribution in [2.45, 2.75) is 25.4 Å². The number of hydrogen-bond acceptors (Lipinski definition) is 3. The summed E-state index contributed by atoms with van der Waals surface area (Å²) in [5.41, 5.74) is 2.74. The van der Waals surface area contributed by atoms with Crippen LogP contribution in [0.4, 0.5) is 13.2 Å². The second-order valence-corrected chi connectivity index (χ2v) is 8.94. The molecule has 0 amide bonds. The van der Waals surface area contributed by atoms with Crippen molar-refractivity contribution >= 4 is 23.6 Å². The molecule has 5 rings (SSSR count). The lowest BCUT2D eigenvalue weighted by Crippen LogP contribution is -2.34. The van der Waals surface area contributed by atoms with Gasteiger partial charge in [0.1, 0.15) is 0 Å². The minimum absolute atomic E-state index is 0.251. The second-order valence-electron chi connectivity index (χ2n) is 8.57. The van der Waals surface area contributed by atoms with Crippen LogP contribution in [0.15, 0.2) is 52.8 Å². The van der Waals surface area contributed by atoms with E-state index >= 15 is 0 Å². The van der Waals surface area contributed by atoms with Crippen molar-refractivity contribution in [3.8, 4) is 0 Å². The van der Waals surface area contributed by atoms with Gasteiger partial charge in [0.25, 0.3) is 5.56 Å². The Balaban J connectivity index is 1.89. The number of fused-ring (bicyclic) bond motifs is 3. The number of rotatable bonds is 1. The molecule has 2 aromatic carbocycles. The van der Waals surface area contributed by atoms with Gasteiger partial charge in [-0.15, -0.1) is 0 Å². The van der Waals surface area contributed by atoms with Crippen LogP contribution in [-0.2, 0) is 26.7 Å². The number of halogens is 3. The van der Waals surface area contributed by atoms with Crippen LogP contribution in [0.25, 0.3) is 5.57 Å². The Kier molecular flexibility index (Phi) is 4.65. The highest BCUT2D eigenvalue weighted by molar-refractivity contribution is 7.71. The summed E-state index contributed by atoms with van der Waals surface area (Å²) in [5.74, 6) is -1.18. The minimum atomic E-state index is -4.56. The monoisotopic (exact) mass is 468 g/mol. The number of allylic oxidation sites excluding steroid dienone is 2. The topological polar surface area (TPSA) is 44.0 Å². The Morgan fingerprint density at radius 1 is 1.00 bits per heavy atom. The molecule has 4 nitrogen and oxygen atoms in total. The largest absolute Gasteiger partial charge is 0.416 e. The lowest BCUT2D eigenvalue weighted by atomic mass is 9.76. The van der Waals surface area contributed by atoms with Gasteiger partial charge >= 0.3 is 6.18 Å². The number of aromatic nitrogens is 2. The van der Waals surface area contributed by atoms with E-state index in [0.29, 0.717) is 39.1 Å². The van der Waals surface area contributed by atoms with Crippen molar-refractivity contribution in [1.29, 1.82) is 0 Å². The van der Waals surface area contributed by atoms with Crippen LogP contribution in [0.1, 0.15) is 49.8 Å². The van der Waals surface area contributed by atoms with Gasteiger partial charge in [-0.05, 0) is 48.0 Å². The Morgan fingerprint density at radius 2 is 1.67 bits per heavy atom. The van der Waals surface area contributed by atoms with Gasteiger partial charge in [-0.25, -0.2) is 0 Å². The molecule has 1 unspecified atom stereocenters. The molecule has 0 aliphatic heterocycles. The molecule has 1 atom stereocenters. The third-order valence-electron chi connectivity index (χ3n) is 6.57. The van der Waals surface area contributed by atoms with Crippen LogP contribution >= 0.6 is 12.2 Å². The Labute approximate surface area is 192 Å². The smallest absolute Gasteiger partial charge is 0.325 e. The maximum absolute atomic E-state index is 13.7. The van der Waals surface area contributed by atoms with Gasteiger partial charge < -0.3 is 4.57 Å². The molecule has 0 spiro atoms.